The molecule has 0 aromatic rings. The van der Waals surface area contributed by atoms with Crippen molar-refractivity contribution in [2.24, 2.45) is 11.5 Å². The zero-order chi connectivity index (χ0) is 11.9. The summed E-state index contributed by atoms with van der Waals surface area (Å²) in [5.41, 5.74) is 9.80. The molecule has 2 aliphatic rings. The Balaban J connectivity index is 2.08. The van der Waals surface area contributed by atoms with E-state index in [0.29, 0.717) is 6.54 Å². The van der Waals surface area contributed by atoms with Crippen LogP contribution in [0.4, 0.5) is 0 Å². The van der Waals surface area contributed by atoms with Crippen molar-refractivity contribution in [2.75, 3.05) is 13.1 Å². The molecule has 0 aromatic carbocycles. The molecule has 2 rings (SSSR count). The van der Waals surface area contributed by atoms with Crippen molar-refractivity contribution < 1.29 is 14.7 Å². The number of carbonyl (C=O) groups is 2. The highest BCUT2D eigenvalue weighted by molar-refractivity contribution is 5.97. The lowest BCUT2D eigenvalue weighted by Gasteiger charge is -2.49. The van der Waals surface area contributed by atoms with Crippen LogP contribution in [0.25, 0.3) is 0 Å². The topological polar surface area (TPSA) is 122 Å². The Morgan fingerprint density at radius 3 is 2.69 bits per heavy atom. The van der Waals surface area contributed by atoms with Crippen molar-refractivity contribution in [3.8, 4) is 0 Å². The minimum atomic E-state index is -1.43. The molecule has 0 aromatic heterocycles. The van der Waals surface area contributed by atoms with Crippen LogP contribution in [0.5, 0.6) is 0 Å². The molecular formula is C9H16N4O3. The average Bonchev–Trinajstić information content (AvgIpc) is 2.67. The van der Waals surface area contributed by atoms with Crippen LogP contribution in [0.2, 0.25) is 0 Å². The maximum Gasteiger partial charge on any atom is 0.245 e. The number of hydrogen-bond donors (Lipinski definition) is 4. The minimum Gasteiger partial charge on any atom is -0.376 e. The first-order chi connectivity index (χ1) is 7.48. The quantitative estimate of drug-likeness (QED) is 0.304. The van der Waals surface area contributed by atoms with E-state index in [9.17, 15) is 14.7 Å². The van der Waals surface area contributed by atoms with Crippen LogP contribution in [0.1, 0.15) is 12.8 Å². The van der Waals surface area contributed by atoms with Gasteiger partial charge in [-0.05, 0) is 19.4 Å². The number of nitrogens with one attached hydrogen (secondary N) is 1. The lowest BCUT2D eigenvalue weighted by atomic mass is 9.85. The molecule has 0 bridgehead atoms. The summed E-state index contributed by atoms with van der Waals surface area (Å²) in [4.78, 5) is 24.3. The number of rotatable bonds is 3. The van der Waals surface area contributed by atoms with E-state index in [4.69, 9.17) is 11.5 Å². The van der Waals surface area contributed by atoms with Crippen LogP contribution in [-0.2, 0) is 9.59 Å². The molecule has 16 heavy (non-hydrogen) atoms. The molecule has 2 amide bonds. The summed E-state index contributed by atoms with van der Waals surface area (Å²) in [5, 5.41) is 12.3. The summed E-state index contributed by atoms with van der Waals surface area (Å²) < 4.78 is 0. The highest BCUT2D eigenvalue weighted by Gasteiger charge is 2.56. The van der Waals surface area contributed by atoms with Gasteiger partial charge in [-0.15, -0.1) is 0 Å². The zero-order valence-corrected chi connectivity index (χ0v) is 8.85. The lowest BCUT2D eigenvalue weighted by molar-refractivity contribution is -0.163. The third-order valence-electron chi connectivity index (χ3n) is 3.31. The predicted octanol–water partition coefficient (Wildman–Crippen LogP) is -2.92. The molecule has 0 aliphatic carbocycles. The Morgan fingerprint density at radius 2 is 2.31 bits per heavy atom. The Bertz CT molecular complexity index is 325. The van der Waals surface area contributed by atoms with Crippen LogP contribution >= 0.6 is 0 Å². The number of amides is 2. The van der Waals surface area contributed by atoms with Crippen molar-refractivity contribution in [1.29, 1.82) is 0 Å². The maximum atomic E-state index is 11.9. The molecule has 7 heteroatoms. The lowest BCUT2D eigenvalue weighted by Crippen LogP contribution is -2.76. The monoisotopic (exact) mass is 228 g/mol. The number of β-lactam (4-membered cyclic amide) rings is 1. The third kappa shape index (κ3) is 1.48. The number of hydrogen-bond acceptors (Lipinski definition) is 5. The molecule has 6 N–H and O–H groups in total. The van der Waals surface area contributed by atoms with E-state index >= 15 is 0 Å². The molecule has 0 radical (unpaired) electrons. The summed E-state index contributed by atoms with van der Waals surface area (Å²) in [6.45, 7) is 1.18. The smallest absolute Gasteiger partial charge is 0.245 e. The van der Waals surface area contributed by atoms with Gasteiger partial charge in [-0.1, -0.05) is 0 Å². The van der Waals surface area contributed by atoms with Gasteiger partial charge in [0.05, 0.1) is 0 Å². The van der Waals surface area contributed by atoms with E-state index in [-0.39, 0.29) is 5.91 Å². The van der Waals surface area contributed by atoms with Gasteiger partial charge >= 0.3 is 0 Å². The van der Waals surface area contributed by atoms with E-state index in [1.54, 1.807) is 0 Å². The minimum absolute atomic E-state index is 0.196. The number of primary amides is 1. The largest absolute Gasteiger partial charge is 0.376 e. The Morgan fingerprint density at radius 1 is 1.62 bits per heavy atom. The molecular weight excluding hydrogens is 212 g/mol. The Labute approximate surface area is 92.8 Å². The molecule has 1 unspecified atom stereocenters. The molecule has 90 valence electrons. The molecule has 1 spiro atoms. The maximum absolute atomic E-state index is 11.9. The first-order valence-electron chi connectivity index (χ1n) is 5.27. The van der Waals surface area contributed by atoms with E-state index in [1.807, 2.05) is 0 Å². The molecule has 7 nitrogen and oxygen atoms in total. The SMILES string of the molecule is NC(=O)[C@H]([C@@H](N)O)N1CC2(CCCN2)C1=O. The standard InChI is InChI=1S/C9H16N4O3/c10-6(14)5(7(11)15)13-4-9(8(13)16)2-1-3-12-9/h5-6,12,14H,1-4,10H2,(H2,11,15)/t5-,6-,9?/m0/s1. The average molecular weight is 228 g/mol. The second kappa shape index (κ2) is 3.69. The second-order valence-corrected chi connectivity index (χ2v) is 4.38. The van der Waals surface area contributed by atoms with Gasteiger partial charge in [0, 0.05) is 6.54 Å². The molecule has 0 saturated carbocycles. The van der Waals surface area contributed by atoms with Crippen molar-refractivity contribution in [1.82, 2.24) is 10.2 Å². The molecule has 2 fully saturated rings. The van der Waals surface area contributed by atoms with Crippen molar-refractivity contribution in [3.05, 3.63) is 0 Å². The van der Waals surface area contributed by atoms with Crippen molar-refractivity contribution in [3.63, 3.8) is 0 Å². The summed E-state index contributed by atoms with van der Waals surface area (Å²) in [5.74, 6) is -0.977. The van der Waals surface area contributed by atoms with Crippen molar-refractivity contribution >= 4 is 11.8 Å². The number of nitrogens with two attached hydrogens (primary N) is 2. The van der Waals surface area contributed by atoms with Gasteiger partial charge in [0.2, 0.25) is 11.8 Å². The van der Waals surface area contributed by atoms with Gasteiger partial charge in [-0.25, -0.2) is 0 Å². The number of likely N-dealkylation sites (tertiary alicyclic amines) is 1. The third-order valence-corrected chi connectivity index (χ3v) is 3.31. The Kier molecular flexibility index (Phi) is 2.61. The zero-order valence-electron chi connectivity index (χ0n) is 8.85. The van der Waals surface area contributed by atoms with Crippen LogP contribution in [0.15, 0.2) is 0 Å². The highest BCUT2D eigenvalue weighted by Crippen LogP contribution is 2.33. The van der Waals surface area contributed by atoms with Gasteiger partial charge in [0.15, 0.2) is 0 Å². The molecule has 2 heterocycles. The van der Waals surface area contributed by atoms with Crippen LogP contribution < -0.4 is 16.8 Å². The van der Waals surface area contributed by atoms with Crippen LogP contribution in [0.3, 0.4) is 0 Å². The fourth-order valence-corrected chi connectivity index (χ4v) is 2.47. The molecule has 3 atom stereocenters. The number of carbonyl (C=O) groups excluding carboxylic acids is 2. The summed E-state index contributed by atoms with van der Waals surface area (Å²) in [6.07, 6.45) is 0.265. The van der Waals surface area contributed by atoms with Gasteiger partial charge in [0.1, 0.15) is 17.8 Å². The van der Waals surface area contributed by atoms with Crippen LogP contribution in [-0.4, -0.2) is 52.7 Å². The number of nitrogens with zero attached hydrogens (tertiary/aromatic N) is 1. The fraction of sp³-hybridized carbons (Fsp3) is 0.778. The predicted molar refractivity (Wildman–Crippen MR) is 54.9 cm³/mol. The summed E-state index contributed by atoms with van der Waals surface area (Å²) in [6, 6.07) is -1.12. The Hall–Kier alpha value is -1.18. The first-order valence-corrected chi connectivity index (χ1v) is 5.27. The number of aliphatic hydroxyl groups excluding tert-OH is 1. The first kappa shape index (κ1) is 11.3. The number of aliphatic hydroxyl groups is 1. The van der Waals surface area contributed by atoms with Gasteiger partial charge in [0.25, 0.3) is 0 Å². The van der Waals surface area contributed by atoms with E-state index in [2.05, 4.69) is 5.32 Å². The van der Waals surface area contributed by atoms with Crippen molar-refractivity contribution in [2.45, 2.75) is 30.7 Å². The van der Waals surface area contributed by atoms with E-state index in [0.717, 1.165) is 19.4 Å². The summed E-state index contributed by atoms with van der Waals surface area (Å²) >= 11 is 0. The molecule has 2 aliphatic heterocycles. The fourth-order valence-electron chi connectivity index (χ4n) is 2.47. The van der Waals surface area contributed by atoms with E-state index in [1.165, 1.54) is 4.90 Å². The van der Waals surface area contributed by atoms with Gasteiger partial charge in [-0.2, -0.15) is 0 Å². The van der Waals surface area contributed by atoms with Gasteiger partial charge < -0.3 is 26.8 Å². The normalized spacial score (nSPS) is 32.6. The highest BCUT2D eigenvalue weighted by atomic mass is 16.3. The molecule has 2 saturated heterocycles. The van der Waals surface area contributed by atoms with Crippen LogP contribution in [0, 0.1) is 0 Å². The summed E-state index contributed by atoms with van der Waals surface area (Å²) in [7, 11) is 0. The van der Waals surface area contributed by atoms with Gasteiger partial charge in [-0.3, -0.25) is 9.59 Å². The second-order valence-electron chi connectivity index (χ2n) is 4.38. The van der Waals surface area contributed by atoms with E-state index < -0.39 is 23.7 Å².